The minimum atomic E-state index is -0.306. The zero-order valence-electron chi connectivity index (χ0n) is 13.2. The predicted molar refractivity (Wildman–Crippen MR) is 84.0 cm³/mol. The fraction of sp³-hybridized carbons (Fsp3) is 0.562. The number of esters is 1. The van der Waals surface area contributed by atoms with E-state index < -0.39 is 0 Å². The van der Waals surface area contributed by atoms with Gasteiger partial charge in [-0.3, -0.25) is 19.8 Å². The van der Waals surface area contributed by atoms with Crippen molar-refractivity contribution in [3.8, 4) is 0 Å². The fourth-order valence-electron chi connectivity index (χ4n) is 2.26. The van der Waals surface area contributed by atoms with Gasteiger partial charge in [0, 0.05) is 23.9 Å². The lowest BCUT2D eigenvalue weighted by Crippen LogP contribution is -2.37. The molecular weight excluding hydrogens is 284 g/mol. The summed E-state index contributed by atoms with van der Waals surface area (Å²) in [6.07, 6.45) is 1.18. The summed E-state index contributed by atoms with van der Waals surface area (Å²) in [5.41, 5.74) is 1.10. The van der Waals surface area contributed by atoms with Crippen LogP contribution in [0.4, 0.5) is 0 Å². The highest BCUT2D eigenvalue weighted by atomic mass is 16.6. The molecule has 0 aliphatic carbocycles. The lowest BCUT2D eigenvalue weighted by molar-refractivity contribution is -0.480. The number of nitro groups is 1. The van der Waals surface area contributed by atoms with E-state index in [1.807, 2.05) is 42.2 Å². The van der Waals surface area contributed by atoms with E-state index in [0.717, 1.165) is 5.56 Å². The number of benzene rings is 1. The second kappa shape index (κ2) is 9.89. The van der Waals surface area contributed by atoms with E-state index in [-0.39, 0.29) is 30.0 Å². The standard InChI is InChI=1S/C16H24N2O4/c1-3-22-16(19)13-17(12-15-9-5-4-6-10-15)14(2)8-7-11-18(20)21/h4-6,9-10,14H,3,7-8,11-13H2,1-2H3/t14-/m0/s1. The molecule has 0 aliphatic heterocycles. The molecule has 1 aromatic carbocycles. The second-order valence-corrected chi connectivity index (χ2v) is 5.24. The van der Waals surface area contributed by atoms with Crippen LogP contribution < -0.4 is 0 Å². The smallest absolute Gasteiger partial charge is 0.320 e. The van der Waals surface area contributed by atoms with Crippen molar-refractivity contribution in [3.05, 3.63) is 46.0 Å². The summed E-state index contributed by atoms with van der Waals surface area (Å²) < 4.78 is 5.01. The molecule has 0 unspecified atom stereocenters. The highest BCUT2D eigenvalue weighted by Crippen LogP contribution is 2.12. The molecular formula is C16H24N2O4. The van der Waals surface area contributed by atoms with Crippen molar-refractivity contribution in [3.63, 3.8) is 0 Å². The first-order chi connectivity index (χ1) is 10.5. The molecule has 0 N–H and O–H groups in total. The summed E-state index contributed by atoms with van der Waals surface area (Å²) in [5.74, 6) is -0.264. The largest absolute Gasteiger partial charge is 0.465 e. The number of rotatable bonds is 10. The molecule has 6 heteroatoms. The molecule has 0 amide bonds. The van der Waals surface area contributed by atoms with E-state index in [2.05, 4.69) is 0 Å². The Morgan fingerprint density at radius 3 is 2.64 bits per heavy atom. The van der Waals surface area contributed by atoms with Crippen LogP contribution in [-0.2, 0) is 16.1 Å². The second-order valence-electron chi connectivity index (χ2n) is 5.24. The van der Waals surface area contributed by atoms with E-state index in [1.54, 1.807) is 6.92 Å². The van der Waals surface area contributed by atoms with Crippen LogP contribution in [-0.4, -0.2) is 41.5 Å². The normalized spacial score (nSPS) is 12.1. The number of ether oxygens (including phenoxy) is 1. The van der Waals surface area contributed by atoms with Crippen LogP contribution in [0.1, 0.15) is 32.3 Å². The number of carbonyl (C=O) groups is 1. The lowest BCUT2D eigenvalue weighted by Gasteiger charge is -2.28. The van der Waals surface area contributed by atoms with Gasteiger partial charge >= 0.3 is 5.97 Å². The summed E-state index contributed by atoms with van der Waals surface area (Å²) in [4.78, 5) is 23.9. The molecule has 1 atom stereocenters. The average molecular weight is 308 g/mol. The van der Waals surface area contributed by atoms with Crippen molar-refractivity contribution < 1.29 is 14.5 Å². The number of hydrogen-bond acceptors (Lipinski definition) is 5. The molecule has 1 rings (SSSR count). The fourth-order valence-corrected chi connectivity index (χ4v) is 2.26. The summed E-state index contributed by atoms with van der Waals surface area (Å²) in [5, 5.41) is 10.4. The first-order valence-electron chi connectivity index (χ1n) is 7.58. The maximum Gasteiger partial charge on any atom is 0.320 e. The zero-order chi connectivity index (χ0) is 16.4. The van der Waals surface area contributed by atoms with Crippen molar-refractivity contribution in [2.24, 2.45) is 0 Å². The molecule has 6 nitrogen and oxygen atoms in total. The maximum atomic E-state index is 11.8. The Bertz CT molecular complexity index is 464. The van der Waals surface area contributed by atoms with E-state index in [4.69, 9.17) is 4.74 Å². The molecule has 0 radical (unpaired) electrons. The van der Waals surface area contributed by atoms with Crippen LogP contribution in [0.3, 0.4) is 0 Å². The average Bonchev–Trinajstić information content (AvgIpc) is 2.47. The van der Waals surface area contributed by atoms with Crippen LogP contribution in [0, 0.1) is 10.1 Å². The van der Waals surface area contributed by atoms with Gasteiger partial charge < -0.3 is 4.74 Å². The third-order valence-corrected chi connectivity index (χ3v) is 3.45. The van der Waals surface area contributed by atoms with Gasteiger partial charge in [0.1, 0.15) is 0 Å². The van der Waals surface area contributed by atoms with Crippen molar-refractivity contribution in [1.29, 1.82) is 0 Å². The van der Waals surface area contributed by atoms with Gasteiger partial charge in [0.2, 0.25) is 6.54 Å². The molecule has 122 valence electrons. The van der Waals surface area contributed by atoms with Crippen LogP contribution in [0.15, 0.2) is 30.3 Å². The highest BCUT2D eigenvalue weighted by Gasteiger charge is 2.19. The SMILES string of the molecule is CCOC(=O)CN(Cc1ccccc1)[C@@H](C)CCC[N+](=O)[O-]. The first-order valence-corrected chi connectivity index (χ1v) is 7.58. The minimum Gasteiger partial charge on any atom is -0.465 e. The van der Waals surface area contributed by atoms with Crippen molar-refractivity contribution in [2.45, 2.75) is 39.3 Å². The Morgan fingerprint density at radius 1 is 1.36 bits per heavy atom. The Hall–Kier alpha value is -1.95. The topological polar surface area (TPSA) is 72.7 Å². The van der Waals surface area contributed by atoms with Crippen LogP contribution in [0.5, 0.6) is 0 Å². The van der Waals surface area contributed by atoms with E-state index in [0.29, 0.717) is 26.0 Å². The molecule has 0 aliphatic rings. The van der Waals surface area contributed by atoms with Crippen molar-refractivity contribution in [2.75, 3.05) is 19.7 Å². The van der Waals surface area contributed by atoms with Gasteiger partial charge in [0.15, 0.2) is 0 Å². The molecule has 0 spiro atoms. The maximum absolute atomic E-state index is 11.8. The number of nitrogens with zero attached hydrogens (tertiary/aromatic N) is 2. The molecule has 22 heavy (non-hydrogen) atoms. The molecule has 0 aromatic heterocycles. The van der Waals surface area contributed by atoms with Gasteiger partial charge in [-0.05, 0) is 25.8 Å². The van der Waals surface area contributed by atoms with Crippen LogP contribution in [0.2, 0.25) is 0 Å². The molecule has 0 saturated carbocycles. The molecule has 0 saturated heterocycles. The highest BCUT2D eigenvalue weighted by molar-refractivity contribution is 5.71. The van der Waals surface area contributed by atoms with Crippen molar-refractivity contribution in [1.82, 2.24) is 4.90 Å². The molecule has 0 heterocycles. The lowest BCUT2D eigenvalue weighted by atomic mass is 10.1. The molecule has 0 bridgehead atoms. The summed E-state index contributed by atoms with van der Waals surface area (Å²) in [7, 11) is 0. The summed E-state index contributed by atoms with van der Waals surface area (Å²) in [6, 6.07) is 9.93. The Balaban J connectivity index is 2.63. The van der Waals surface area contributed by atoms with Gasteiger partial charge in [0.25, 0.3) is 0 Å². The van der Waals surface area contributed by atoms with E-state index in [9.17, 15) is 14.9 Å². The third-order valence-electron chi connectivity index (χ3n) is 3.45. The van der Waals surface area contributed by atoms with Crippen LogP contribution in [0.25, 0.3) is 0 Å². The quantitative estimate of drug-likeness (QED) is 0.377. The monoisotopic (exact) mass is 308 g/mol. The predicted octanol–water partition coefficient (Wildman–Crippen LogP) is 2.50. The van der Waals surface area contributed by atoms with E-state index in [1.165, 1.54) is 0 Å². The first kappa shape index (κ1) is 18.1. The summed E-state index contributed by atoms with van der Waals surface area (Å²) >= 11 is 0. The zero-order valence-corrected chi connectivity index (χ0v) is 13.2. The molecule has 0 fully saturated rings. The van der Waals surface area contributed by atoms with Crippen LogP contribution >= 0.6 is 0 Å². The Morgan fingerprint density at radius 2 is 2.05 bits per heavy atom. The number of carbonyl (C=O) groups excluding carboxylic acids is 1. The number of hydrogen-bond donors (Lipinski definition) is 0. The van der Waals surface area contributed by atoms with Crippen molar-refractivity contribution >= 4 is 5.97 Å². The van der Waals surface area contributed by atoms with Gasteiger partial charge in [-0.15, -0.1) is 0 Å². The minimum absolute atomic E-state index is 0.0388. The molecule has 1 aromatic rings. The van der Waals surface area contributed by atoms with Gasteiger partial charge in [0.05, 0.1) is 13.2 Å². The Labute approximate surface area is 131 Å². The van der Waals surface area contributed by atoms with Gasteiger partial charge in [-0.2, -0.15) is 0 Å². The summed E-state index contributed by atoms with van der Waals surface area (Å²) in [6.45, 7) is 4.90. The van der Waals surface area contributed by atoms with E-state index >= 15 is 0 Å². The Kier molecular flexibility index (Phi) is 8.14. The third kappa shape index (κ3) is 7.17. The van der Waals surface area contributed by atoms with Gasteiger partial charge in [-0.25, -0.2) is 0 Å². The van der Waals surface area contributed by atoms with Gasteiger partial charge in [-0.1, -0.05) is 30.3 Å².